The molecule has 0 atom stereocenters. The van der Waals surface area contributed by atoms with E-state index >= 15 is 0 Å². The van der Waals surface area contributed by atoms with Gasteiger partial charge in [-0.1, -0.05) is 12.1 Å². The molecule has 114 valence electrons. The van der Waals surface area contributed by atoms with Crippen LogP contribution >= 0.6 is 0 Å². The van der Waals surface area contributed by atoms with Crippen molar-refractivity contribution in [2.24, 2.45) is 0 Å². The minimum Gasteiger partial charge on any atom is -0.482 e. The molecule has 0 aliphatic heterocycles. The van der Waals surface area contributed by atoms with Crippen LogP contribution < -0.4 is 9.47 Å². The second kappa shape index (κ2) is 6.71. The Labute approximate surface area is 127 Å². The van der Waals surface area contributed by atoms with Gasteiger partial charge in [0.1, 0.15) is 11.5 Å². The quantitative estimate of drug-likeness (QED) is 0.367. The normalized spacial score (nSPS) is 10.1. The largest absolute Gasteiger partial charge is 0.482 e. The van der Waals surface area contributed by atoms with Crippen molar-refractivity contribution < 1.29 is 19.2 Å². The zero-order chi connectivity index (χ0) is 16.1. The van der Waals surface area contributed by atoms with Gasteiger partial charge >= 0.3 is 5.97 Å². The Balaban J connectivity index is 1.95. The third-order valence-electron chi connectivity index (χ3n) is 2.94. The summed E-state index contributed by atoms with van der Waals surface area (Å²) in [6.07, 6.45) is 0. The van der Waals surface area contributed by atoms with E-state index in [9.17, 15) is 14.9 Å². The number of ether oxygens (including phenoxy) is 2. The SMILES string of the molecule is Cc1cccc(OC(=O)COc2ccc([N+](=O)[O-])cc2C)c1. The average Bonchev–Trinajstić information content (AvgIpc) is 2.45. The van der Waals surface area contributed by atoms with Gasteiger partial charge in [-0.25, -0.2) is 4.79 Å². The standard InChI is InChI=1S/C16H15NO5/c1-11-4-3-5-14(8-11)22-16(18)10-21-15-7-6-13(17(19)20)9-12(15)2/h3-9H,10H2,1-2H3. The van der Waals surface area contributed by atoms with Crippen LogP contribution in [-0.4, -0.2) is 17.5 Å². The molecule has 0 saturated heterocycles. The summed E-state index contributed by atoms with van der Waals surface area (Å²) in [4.78, 5) is 21.9. The molecule has 6 nitrogen and oxygen atoms in total. The van der Waals surface area contributed by atoms with Crippen LogP contribution in [0.25, 0.3) is 0 Å². The second-order valence-corrected chi connectivity index (χ2v) is 4.79. The average molecular weight is 301 g/mol. The Morgan fingerprint density at radius 3 is 2.59 bits per heavy atom. The summed E-state index contributed by atoms with van der Waals surface area (Å²) in [5, 5.41) is 10.7. The zero-order valence-electron chi connectivity index (χ0n) is 12.2. The lowest BCUT2D eigenvalue weighted by Gasteiger charge is -2.09. The Morgan fingerprint density at radius 1 is 1.18 bits per heavy atom. The maximum absolute atomic E-state index is 11.7. The molecule has 0 saturated carbocycles. The molecule has 2 rings (SSSR count). The van der Waals surface area contributed by atoms with Crippen molar-refractivity contribution in [2.75, 3.05) is 6.61 Å². The van der Waals surface area contributed by atoms with Crippen molar-refractivity contribution in [2.45, 2.75) is 13.8 Å². The lowest BCUT2D eigenvalue weighted by Crippen LogP contribution is -2.18. The molecule has 0 spiro atoms. The number of esters is 1. The van der Waals surface area contributed by atoms with Crippen molar-refractivity contribution >= 4 is 11.7 Å². The van der Waals surface area contributed by atoms with E-state index in [1.165, 1.54) is 18.2 Å². The van der Waals surface area contributed by atoms with Gasteiger partial charge in [0.15, 0.2) is 6.61 Å². The van der Waals surface area contributed by atoms with Gasteiger partial charge in [-0.15, -0.1) is 0 Å². The molecule has 2 aromatic rings. The fraction of sp³-hybridized carbons (Fsp3) is 0.188. The van der Waals surface area contributed by atoms with E-state index in [2.05, 4.69) is 0 Å². The number of non-ortho nitro benzene ring substituents is 1. The lowest BCUT2D eigenvalue weighted by atomic mass is 10.2. The summed E-state index contributed by atoms with van der Waals surface area (Å²) in [5.41, 5.74) is 1.54. The molecule has 0 bridgehead atoms. The molecule has 0 aliphatic rings. The molecular formula is C16H15NO5. The van der Waals surface area contributed by atoms with E-state index in [1.54, 1.807) is 25.1 Å². The first-order chi connectivity index (χ1) is 10.5. The third-order valence-corrected chi connectivity index (χ3v) is 2.94. The number of carbonyl (C=O) groups excluding carboxylic acids is 1. The third kappa shape index (κ3) is 4.05. The number of hydrogen-bond donors (Lipinski definition) is 0. The van der Waals surface area contributed by atoms with Crippen molar-refractivity contribution in [1.29, 1.82) is 0 Å². The van der Waals surface area contributed by atoms with Crippen molar-refractivity contribution in [3.05, 3.63) is 63.7 Å². The van der Waals surface area contributed by atoms with E-state index in [1.807, 2.05) is 13.0 Å². The fourth-order valence-electron chi connectivity index (χ4n) is 1.89. The summed E-state index contributed by atoms with van der Waals surface area (Å²) in [7, 11) is 0. The van der Waals surface area contributed by atoms with Crippen LogP contribution in [0.3, 0.4) is 0 Å². The summed E-state index contributed by atoms with van der Waals surface area (Å²) < 4.78 is 10.5. The Bertz CT molecular complexity index is 711. The van der Waals surface area contributed by atoms with Gasteiger partial charge in [-0.2, -0.15) is 0 Å². The van der Waals surface area contributed by atoms with Crippen LogP contribution in [0.4, 0.5) is 5.69 Å². The monoisotopic (exact) mass is 301 g/mol. The number of nitro groups is 1. The molecule has 0 radical (unpaired) electrons. The summed E-state index contributed by atoms with van der Waals surface area (Å²) in [6, 6.07) is 11.3. The molecule has 0 aromatic heterocycles. The van der Waals surface area contributed by atoms with Crippen LogP contribution in [0.15, 0.2) is 42.5 Å². The molecule has 0 amide bonds. The highest BCUT2D eigenvalue weighted by molar-refractivity contribution is 5.74. The number of aryl methyl sites for hydroxylation is 2. The Kier molecular flexibility index (Phi) is 4.73. The Hall–Kier alpha value is -2.89. The first-order valence-corrected chi connectivity index (χ1v) is 6.61. The van der Waals surface area contributed by atoms with Gasteiger partial charge in [0.2, 0.25) is 0 Å². The van der Waals surface area contributed by atoms with Crippen molar-refractivity contribution in [3.8, 4) is 11.5 Å². The highest BCUT2D eigenvalue weighted by atomic mass is 16.6. The number of carbonyl (C=O) groups is 1. The van der Waals surface area contributed by atoms with Crippen LogP contribution in [0, 0.1) is 24.0 Å². The fourth-order valence-corrected chi connectivity index (χ4v) is 1.89. The molecule has 0 aliphatic carbocycles. The van der Waals surface area contributed by atoms with Crippen molar-refractivity contribution in [1.82, 2.24) is 0 Å². The second-order valence-electron chi connectivity index (χ2n) is 4.79. The zero-order valence-corrected chi connectivity index (χ0v) is 12.2. The predicted molar refractivity (Wildman–Crippen MR) is 80.1 cm³/mol. The van der Waals surface area contributed by atoms with Gasteiger partial charge in [-0.05, 0) is 43.2 Å². The maximum atomic E-state index is 11.7. The van der Waals surface area contributed by atoms with Gasteiger partial charge in [0.05, 0.1) is 4.92 Å². The summed E-state index contributed by atoms with van der Waals surface area (Å²) in [6.45, 7) is 3.30. The van der Waals surface area contributed by atoms with E-state index in [4.69, 9.17) is 9.47 Å². The highest BCUT2D eigenvalue weighted by Crippen LogP contribution is 2.23. The van der Waals surface area contributed by atoms with E-state index in [0.29, 0.717) is 17.1 Å². The van der Waals surface area contributed by atoms with E-state index in [-0.39, 0.29) is 12.3 Å². The van der Waals surface area contributed by atoms with Gasteiger partial charge in [0, 0.05) is 12.1 Å². The predicted octanol–water partition coefficient (Wildman–Crippen LogP) is 3.20. The molecule has 6 heteroatoms. The van der Waals surface area contributed by atoms with Crippen LogP contribution in [0.2, 0.25) is 0 Å². The van der Waals surface area contributed by atoms with Gasteiger partial charge in [0.25, 0.3) is 5.69 Å². The minimum absolute atomic E-state index is 0.0211. The lowest BCUT2D eigenvalue weighted by molar-refractivity contribution is -0.384. The topological polar surface area (TPSA) is 78.7 Å². The van der Waals surface area contributed by atoms with Gasteiger partial charge in [-0.3, -0.25) is 10.1 Å². The number of benzene rings is 2. The van der Waals surface area contributed by atoms with E-state index in [0.717, 1.165) is 5.56 Å². The van der Waals surface area contributed by atoms with Crippen LogP contribution in [0.1, 0.15) is 11.1 Å². The maximum Gasteiger partial charge on any atom is 0.349 e. The number of nitro benzene ring substituents is 1. The number of rotatable bonds is 5. The van der Waals surface area contributed by atoms with Crippen molar-refractivity contribution in [3.63, 3.8) is 0 Å². The first-order valence-electron chi connectivity index (χ1n) is 6.61. The number of hydrogen-bond acceptors (Lipinski definition) is 5. The first kappa shape index (κ1) is 15.5. The molecule has 0 unspecified atom stereocenters. The highest BCUT2D eigenvalue weighted by Gasteiger charge is 2.11. The molecule has 2 aromatic carbocycles. The van der Waals surface area contributed by atoms with E-state index < -0.39 is 10.9 Å². The molecule has 0 N–H and O–H groups in total. The summed E-state index contributed by atoms with van der Waals surface area (Å²) in [5.74, 6) is 0.323. The van der Waals surface area contributed by atoms with Crippen LogP contribution in [-0.2, 0) is 4.79 Å². The minimum atomic E-state index is -0.539. The smallest absolute Gasteiger partial charge is 0.349 e. The van der Waals surface area contributed by atoms with Crippen LogP contribution in [0.5, 0.6) is 11.5 Å². The van der Waals surface area contributed by atoms with Gasteiger partial charge < -0.3 is 9.47 Å². The summed E-state index contributed by atoms with van der Waals surface area (Å²) >= 11 is 0. The molecule has 0 heterocycles. The molecule has 0 fully saturated rings. The Morgan fingerprint density at radius 2 is 1.95 bits per heavy atom. The molecular weight excluding hydrogens is 286 g/mol. The number of nitrogens with zero attached hydrogens (tertiary/aromatic N) is 1. The molecule has 22 heavy (non-hydrogen) atoms.